The van der Waals surface area contributed by atoms with Crippen molar-refractivity contribution in [1.29, 1.82) is 0 Å². The third-order valence-electron chi connectivity index (χ3n) is 2.88. The van der Waals surface area contributed by atoms with E-state index in [4.69, 9.17) is 0 Å². The first kappa shape index (κ1) is 8.00. The van der Waals surface area contributed by atoms with E-state index in [1.807, 2.05) is 0 Å². The predicted octanol–water partition coefficient (Wildman–Crippen LogP) is 1.91. The van der Waals surface area contributed by atoms with Gasteiger partial charge in [-0.15, -0.1) is 0 Å². The molecule has 1 aromatic heterocycles. The molecule has 3 rings (SSSR count). The molecule has 1 heterocycles. The molecule has 13 heavy (non-hydrogen) atoms. The van der Waals surface area contributed by atoms with Crippen LogP contribution in [0.5, 0.6) is 0 Å². The van der Waals surface area contributed by atoms with E-state index in [0.717, 1.165) is 17.1 Å². The first-order valence-corrected chi connectivity index (χ1v) is 5.62. The first-order valence-electron chi connectivity index (χ1n) is 4.83. The van der Waals surface area contributed by atoms with Crippen LogP contribution in [-0.2, 0) is 6.42 Å². The van der Waals surface area contributed by atoms with Crippen molar-refractivity contribution in [3.8, 4) is 0 Å². The van der Waals surface area contributed by atoms with E-state index in [9.17, 15) is 0 Å². The largest absolute Gasteiger partial charge is 0.307 e. The minimum Gasteiger partial charge on any atom is -0.307 e. The number of aromatic amines is 1. The molecule has 70 valence electrons. The molecule has 2 N–H and O–H groups in total. The van der Waals surface area contributed by atoms with Crippen LogP contribution in [0.1, 0.15) is 36.6 Å². The maximum absolute atomic E-state index is 4.17. The van der Waals surface area contributed by atoms with Crippen molar-refractivity contribution >= 4 is 15.9 Å². The number of rotatable bonds is 2. The summed E-state index contributed by atoms with van der Waals surface area (Å²) < 4.78 is 0.998. The Balaban J connectivity index is 1.86. The second-order valence-electron chi connectivity index (χ2n) is 3.94. The Kier molecular flexibility index (Phi) is 1.73. The van der Waals surface area contributed by atoms with Crippen LogP contribution < -0.4 is 5.32 Å². The summed E-state index contributed by atoms with van der Waals surface area (Å²) in [5.41, 5.74) is 2.68. The number of nitrogens with one attached hydrogen (secondary N) is 2. The van der Waals surface area contributed by atoms with Gasteiger partial charge in [0, 0.05) is 23.3 Å². The summed E-state index contributed by atoms with van der Waals surface area (Å²) in [7, 11) is 0. The Labute approximate surface area is 85.4 Å². The third-order valence-corrected chi connectivity index (χ3v) is 3.49. The van der Waals surface area contributed by atoms with Crippen LogP contribution in [0.15, 0.2) is 4.60 Å². The fourth-order valence-electron chi connectivity index (χ4n) is 2.04. The highest BCUT2D eigenvalue weighted by Gasteiger charge is 2.32. The number of nitrogens with zero attached hydrogens (tertiary/aromatic N) is 1. The van der Waals surface area contributed by atoms with Gasteiger partial charge in [0.15, 0.2) is 0 Å². The topological polar surface area (TPSA) is 40.7 Å². The van der Waals surface area contributed by atoms with Gasteiger partial charge in [-0.25, -0.2) is 0 Å². The highest BCUT2D eigenvalue weighted by molar-refractivity contribution is 9.10. The minimum absolute atomic E-state index is 0.538. The Morgan fingerprint density at radius 3 is 3.00 bits per heavy atom. The van der Waals surface area contributed by atoms with E-state index in [1.165, 1.54) is 30.5 Å². The summed E-state index contributed by atoms with van der Waals surface area (Å²) in [4.78, 5) is 0. The number of hydrogen-bond donors (Lipinski definition) is 2. The van der Waals surface area contributed by atoms with Gasteiger partial charge in [0.2, 0.25) is 0 Å². The molecule has 3 nitrogen and oxygen atoms in total. The monoisotopic (exact) mass is 241 g/mol. The molecule has 0 aromatic carbocycles. The van der Waals surface area contributed by atoms with Gasteiger partial charge in [-0.3, -0.25) is 5.10 Å². The highest BCUT2D eigenvalue weighted by atomic mass is 79.9. The van der Waals surface area contributed by atoms with Crippen LogP contribution in [0.3, 0.4) is 0 Å². The number of H-pyrrole nitrogens is 1. The van der Waals surface area contributed by atoms with E-state index in [-0.39, 0.29) is 0 Å². The van der Waals surface area contributed by atoms with Crippen molar-refractivity contribution in [2.45, 2.75) is 37.8 Å². The molecule has 0 spiro atoms. The molecule has 1 atom stereocenters. The van der Waals surface area contributed by atoms with Gasteiger partial charge in [0.1, 0.15) is 4.60 Å². The predicted molar refractivity (Wildman–Crippen MR) is 53.5 cm³/mol. The summed E-state index contributed by atoms with van der Waals surface area (Å²) in [5.74, 6) is 0. The van der Waals surface area contributed by atoms with Gasteiger partial charge < -0.3 is 5.32 Å². The molecule has 0 aliphatic heterocycles. The molecule has 2 aliphatic rings. The fraction of sp³-hybridized carbons (Fsp3) is 0.667. The maximum atomic E-state index is 4.17. The second-order valence-corrected chi connectivity index (χ2v) is 4.69. The van der Waals surface area contributed by atoms with Crippen LogP contribution in [0.25, 0.3) is 0 Å². The molecule has 0 radical (unpaired) electrons. The zero-order chi connectivity index (χ0) is 8.84. The number of aromatic nitrogens is 2. The number of fused-ring (bicyclic) bond motifs is 1. The maximum Gasteiger partial charge on any atom is 0.132 e. The van der Waals surface area contributed by atoms with Gasteiger partial charge in [0.25, 0.3) is 0 Å². The van der Waals surface area contributed by atoms with Crippen LogP contribution in [0.2, 0.25) is 0 Å². The quantitative estimate of drug-likeness (QED) is 0.831. The van der Waals surface area contributed by atoms with Crippen molar-refractivity contribution < 1.29 is 0 Å². The molecule has 0 amide bonds. The van der Waals surface area contributed by atoms with Gasteiger partial charge in [-0.05, 0) is 41.6 Å². The van der Waals surface area contributed by atoms with Crippen LogP contribution in [0.4, 0.5) is 0 Å². The van der Waals surface area contributed by atoms with Crippen molar-refractivity contribution in [3.63, 3.8) is 0 Å². The third kappa shape index (κ3) is 1.32. The average Bonchev–Trinajstić information content (AvgIpc) is 2.71. The normalized spacial score (nSPS) is 26.4. The molecule has 1 saturated carbocycles. The highest BCUT2D eigenvalue weighted by Crippen LogP contribution is 2.37. The molecule has 2 aliphatic carbocycles. The van der Waals surface area contributed by atoms with Crippen LogP contribution >= 0.6 is 15.9 Å². The summed E-state index contributed by atoms with van der Waals surface area (Å²) >= 11 is 3.49. The van der Waals surface area contributed by atoms with E-state index in [1.54, 1.807) is 0 Å². The van der Waals surface area contributed by atoms with E-state index >= 15 is 0 Å². The Hall–Kier alpha value is -0.350. The molecule has 4 heteroatoms. The molecule has 1 unspecified atom stereocenters. The van der Waals surface area contributed by atoms with E-state index in [2.05, 4.69) is 31.4 Å². The minimum atomic E-state index is 0.538. The summed E-state index contributed by atoms with van der Waals surface area (Å²) in [6.45, 7) is 0. The lowest BCUT2D eigenvalue weighted by atomic mass is 10.2. The zero-order valence-corrected chi connectivity index (χ0v) is 8.89. The standard InChI is InChI=1S/C9H12BrN3/c10-9-8-6(11-5-1-2-5)3-4-7(8)12-13-9/h5-6,11H,1-4H2,(H,12,13). The SMILES string of the molecule is Brc1n[nH]c2c1C(NC1CC1)CC2. The summed E-state index contributed by atoms with van der Waals surface area (Å²) in [6, 6.07) is 1.31. The number of halogens is 1. The van der Waals surface area contributed by atoms with Crippen molar-refractivity contribution in [3.05, 3.63) is 15.9 Å². The molecular weight excluding hydrogens is 230 g/mol. The van der Waals surface area contributed by atoms with Crippen molar-refractivity contribution in [1.82, 2.24) is 15.5 Å². The molecule has 0 saturated heterocycles. The Bertz CT molecular complexity index is 330. The van der Waals surface area contributed by atoms with Crippen molar-refractivity contribution in [2.24, 2.45) is 0 Å². The van der Waals surface area contributed by atoms with Gasteiger partial charge >= 0.3 is 0 Å². The van der Waals surface area contributed by atoms with Gasteiger partial charge in [-0.1, -0.05) is 0 Å². The summed E-state index contributed by atoms with van der Waals surface area (Å²) in [5, 5.41) is 10.9. The molecular formula is C9H12BrN3. The lowest BCUT2D eigenvalue weighted by Crippen LogP contribution is -2.21. The van der Waals surface area contributed by atoms with Crippen molar-refractivity contribution in [2.75, 3.05) is 0 Å². The zero-order valence-electron chi connectivity index (χ0n) is 7.31. The molecule has 0 bridgehead atoms. The lowest BCUT2D eigenvalue weighted by molar-refractivity contribution is 0.523. The van der Waals surface area contributed by atoms with E-state index < -0.39 is 0 Å². The first-order chi connectivity index (χ1) is 6.34. The fourth-order valence-corrected chi connectivity index (χ4v) is 2.64. The van der Waals surface area contributed by atoms with Gasteiger partial charge in [0.05, 0.1) is 0 Å². The molecule has 1 aromatic rings. The van der Waals surface area contributed by atoms with Crippen LogP contribution in [0, 0.1) is 0 Å². The second kappa shape index (κ2) is 2.82. The smallest absolute Gasteiger partial charge is 0.132 e. The average molecular weight is 242 g/mol. The molecule has 1 fully saturated rings. The number of aryl methyl sites for hydroxylation is 1. The Morgan fingerprint density at radius 1 is 1.38 bits per heavy atom. The summed E-state index contributed by atoms with van der Waals surface area (Å²) in [6.07, 6.45) is 5.06. The number of hydrogen-bond acceptors (Lipinski definition) is 2. The van der Waals surface area contributed by atoms with Gasteiger partial charge in [-0.2, -0.15) is 5.10 Å². The lowest BCUT2D eigenvalue weighted by Gasteiger charge is -2.11. The van der Waals surface area contributed by atoms with E-state index in [0.29, 0.717) is 6.04 Å². The Morgan fingerprint density at radius 2 is 2.23 bits per heavy atom. The van der Waals surface area contributed by atoms with Crippen LogP contribution in [-0.4, -0.2) is 16.2 Å².